The van der Waals surface area contributed by atoms with Crippen molar-refractivity contribution >= 4 is 17.9 Å². The molecule has 0 bridgehead atoms. The highest BCUT2D eigenvalue weighted by molar-refractivity contribution is 5.71. The normalized spacial score (nSPS) is 13.3. The highest BCUT2D eigenvalue weighted by Crippen LogP contribution is 2.19. The monoisotopic (exact) mass is 1330 g/mol. The number of hydrogen-bond donors (Lipinski definition) is 1. The lowest BCUT2D eigenvalue weighted by atomic mass is 10.0. The van der Waals surface area contributed by atoms with Crippen molar-refractivity contribution in [2.24, 2.45) is 0 Å². The van der Waals surface area contributed by atoms with E-state index in [0.29, 0.717) is 23.9 Å². The van der Waals surface area contributed by atoms with E-state index in [1.165, 1.54) is 205 Å². The maximum Gasteiger partial charge on any atom is 0.361 e. The number of esters is 2. The van der Waals surface area contributed by atoms with E-state index in [1.807, 2.05) is 21.1 Å². The Balaban J connectivity index is 3.99. The smallest absolute Gasteiger partial charge is 0.361 e. The topological polar surface area (TPSA) is 108 Å². The molecule has 2 atom stereocenters. The molecular formula is C86H150NO8+. The molecule has 546 valence electrons. The molecule has 0 aromatic heterocycles. The minimum absolute atomic E-state index is 0.184. The van der Waals surface area contributed by atoms with Crippen LogP contribution in [0.1, 0.15) is 348 Å². The Morgan fingerprint density at radius 1 is 0.316 bits per heavy atom. The number of carbonyl (C=O) groups is 3. The second kappa shape index (κ2) is 75.5. The molecule has 0 spiro atoms. The molecule has 9 heteroatoms. The molecule has 0 rings (SSSR count). The lowest BCUT2D eigenvalue weighted by Crippen LogP contribution is -2.40. The number of rotatable bonds is 73. The van der Waals surface area contributed by atoms with Crippen LogP contribution in [0.15, 0.2) is 122 Å². The zero-order valence-corrected chi connectivity index (χ0v) is 62.6. The minimum atomic E-state index is -1.52. The summed E-state index contributed by atoms with van der Waals surface area (Å²) in [5.74, 6) is -2.00. The van der Waals surface area contributed by atoms with Gasteiger partial charge in [-0.05, 0) is 103 Å². The van der Waals surface area contributed by atoms with Crippen LogP contribution in [-0.4, -0.2) is 87.4 Å². The van der Waals surface area contributed by atoms with Crippen LogP contribution in [0.5, 0.6) is 0 Å². The summed E-state index contributed by atoms with van der Waals surface area (Å²) in [6.45, 7) is 4.68. The summed E-state index contributed by atoms with van der Waals surface area (Å²) < 4.78 is 23.0. The summed E-state index contributed by atoms with van der Waals surface area (Å²) in [5.41, 5.74) is 0. The number of ether oxygens (including phenoxy) is 4. The summed E-state index contributed by atoms with van der Waals surface area (Å²) in [5, 5.41) is 9.77. The Hall–Kier alpha value is -4.31. The first kappa shape index (κ1) is 90.7. The Bertz CT molecular complexity index is 1980. The van der Waals surface area contributed by atoms with Crippen LogP contribution in [0.3, 0.4) is 0 Å². The van der Waals surface area contributed by atoms with Crippen molar-refractivity contribution in [3.05, 3.63) is 122 Å². The first-order valence-electron chi connectivity index (χ1n) is 39.7. The van der Waals surface area contributed by atoms with Crippen LogP contribution in [0.4, 0.5) is 0 Å². The largest absolute Gasteiger partial charge is 0.477 e. The third-order valence-electron chi connectivity index (χ3n) is 17.2. The van der Waals surface area contributed by atoms with Crippen molar-refractivity contribution in [2.45, 2.75) is 360 Å². The number of likely N-dealkylation sites (N-methyl/N-ethyl adjacent to an activating group) is 1. The van der Waals surface area contributed by atoms with Crippen molar-refractivity contribution in [3.63, 3.8) is 0 Å². The zero-order valence-electron chi connectivity index (χ0n) is 62.6. The molecule has 0 aliphatic heterocycles. The SMILES string of the molecule is CC/C=C\C/C=C\C/C=C\C/C=C\C/C=C\C/C=C\CCCCCCCCCCCCC(=O)OC(COC(=O)CCCCCCCCCCCCCCCCCCCCCCCCCCCCCC/C=C\C/C=C\C/C=C\C/C=C\CC)COC(OCC[N+](C)(C)C)C(=O)O. The fourth-order valence-corrected chi connectivity index (χ4v) is 11.2. The van der Waals surface area contributed by atoms with Crippen LogP contribution in [-0.2, 0) is 33.3 Å². The van der Waals surface area contributed by atoms with E-state index < -0.39 is 24.3 Å². The molecule has 0 aliphatic rings. The summed E-state index contributed by atoms with van der Waals surface area (Å²) in [7, 11) is 5.98. The van der Waals surface area contributed by atoms with Gasteiger partial charge in [0.05, 0.1) is 34.4 Å². The number of carbonyl (C=O) groups excluding carboxylic acids is 2. The fourth-order valence-electron chi connectivity index (χ4n) is 11.2. The van der Waals surface area contributed by atoms with Gasteiger partial charge in [-0.15, -0.1) is 0 Å². The zero-order chi connectivity index (χ0) is 69.0. The van der Waals surface area contributed by atoms with Gasteiger partial charge in [-0.1, -0.05) is 354 Å². The molecular weight excluding hydrogens is 1170 g/mol. The van der Waals surface area contributed by atoms with Crippen molar-refractivity contribution in [1.82, 2.24) is 0 Å². The van der Waals surface area contributed by atoms with E-state index in [2.05, 4.69) is 135 Å². The van der Waals surface area contributed by atoms with Crippen LogP contribution in [0.2, 0.25) is 0 Å². The Morgan fingerprint density at radius 3 is 0.842 bits per heavy atom. The highest BCUT2D eigenvalue weighted by Gasteiger charge is 2.25. The summed E-state index contributed by atoms with van der Waals surface area (Å²) in [4.78, 5) is 37.7. The van der Waals surface area contributed by atoms with Gasteiger partial charge >= 0.3 is 17.9 Å². The predicted molar refractivity (Wildman–Crippen MR) is 410 cm³/mol. The van der Waals surface area contributed by atoms with Gasteiger partial charge in [0.2, 0.25) is 0 Å². The Labute approximate surface area is 587 Å². The van der Waals surface area contributed by atoms with Crippen molar-refractivity contribution in [1.29, 1.82) is 0 Å². The molecule has 95 heavy (non-hydrogen) atoms. The van der Waals surface area contributed by atoms with Gasteiger partial charge in [0, 0.05) is 12.8 Å². The Kier molecular flexibility index (Phi) is 72.0. The van der Waals surface area contributed by atoms with E-state index >= 15 is 0 Å². The number of allylic oxidation sites excluding steroid dienone is 20. The molecule has 0 fully saturated rings. The van der Waals surface area contributed by atoms with Crippen molar-refractivity contribution < 1.29 is 42.9 Å². The van der Waals surface area contributed by atoms with E-state index in [0.717, 1.165) is 109 Å². The molecule has 9 nitrogen and oxygen atoms in total. The molecule has 2 unspecified atom stereocenters. The number of hydrogen-bond acceptors (Lipinski definition) is 7. The quantitative estimate of drug-likeness (QED) is 0.0211. The van der Waals surface area contributed by atoms with Gasteiger partial charge in [-0.25, -0.2) is 4.79 Å². The average Bonchev–Trinajstić information content (AvgIpc) is 2.86. The number of quaternary nitrogens is 1. The summed E-state index contributed by atoms with van der Waals surface area (Å²) >= 11 is 0. The minimum Gasteiger partial charge on any atom is -0.477 e. The van der Waals surface area contributed by atoms with Gasteiger partial charge in [-0.2, -0.15) is 0 Å². The van der Waals surface area contributed by atoms with Gasteiger partial charge < -0.3 is 28.5 Å². The number of carboxylic acid groups (broad SMARTS) is 1. The van der Waals surface area contributed by atoms with Crippen LogP contribution in [0.25, 0.3) is 0 Å². The lowest BCUT2D eigenvalue weighted by molar-refractivity contribution is -0.870. The summed E-state index contributed by atoms with van der Waals surface area (Å²) in [6, 6.07) is 0. The summed E-state index contributed by atoms with van der Waals surface area (Å²) in [6.07, 6.45) is 105. The average molecular weight is 1330 g/mol. The molecule has 1 N–H and O–H groups in total. The van der Waals surface area contributed by atoms with Crippen LogP contribution >= 0.6 is 0 Å². The van der Waals surface area contributed by atoms with E-state index in [4.69, 9.17) is 18.9 Å². The number of unbranched alkanes of at least 4 members (excludes halogenated alkanes) is 38. The lowest BCUT2D eigenvalue weighted by Gasteiger charge is -2.25. The fraction of sp³-hybridized carbons (Fsp3) is 0.733. The first-order chi connectivity index (χ1) is 46.6. The van der Waals surface area contributed by atoms with Gasteiger partial charge in [-0.3, -0.25) is 9.59 Å². The number of nitrogens with zero attached hydrogens (tertiary/aromatic N) is 1. The molecule has 0 saturated heterocycles. The maximum absolute atomic E-state index is 13.0. The van der Waals surface area contributed by atoms with Gasteiger partial charge in [0.15, 0.2) is 6.10 Å². The third kappa shape index (κ3) is 76.9. The van der Waals surface area contributed by atoms with Crippen molar-refractivity contribution in [3.8, 4) is 0 Å². The molecule has 0 aromatic rings. The number of carboxylic acids is 1. The highest BCUT2D eigenvalue weighted by atomic mass is 16.7. The molecule has 0 saturated carbocycles. The van der Waals surface area contributed by atoms with Gasteiger partial charge in [0.25, 0.3) is 6.29 Å². The Morgan fingerprint density at radius 2 is 0.568 bits per heavy atom. The van der Waals surface area contributed by atoms with E-state index in [1.54, 1.807) is 0 Å². The van der Waals surface area contributed by atoms with Gasteiger partial charge in [0.1, 0.15) is 13.2 Å². The van der Waals surface area contributed by atoms with Crippen molar-refractivity contribution in [2.75, 3.05) is 47.5 Å². The predicted octanol–water partition coefficient (Wildman–Crippen LogP) is 25.5. The second-order valence-corrected chi connectivity index (χ2v) is 27.6. The van der Waals surface area contributed by atoms with Crippen LogP contribution < -0.4 is 0 Å². The number of aliphatic carboxylic acids is 1. The van der Waals surface area contributed by atoms with Crippen LogP contribution in [0, 0.1) is 0 Å². The first-order valence-corrected chi connectivity index (χ1v) is 39.7. The third-order valence-corrected chi connectivity index (χ3v) is 17.2. The molecule has 0 aliphatic carbocycles. The standard InChI is InChI=1S/C86H149NO8/c1-6-8-10-12-14-16-18-20-22-24-26-28-30-32-34-36-37-38-39-40-41-42-43-44-45-46-47-49-50-52-54-56-58-60-62-64-66-68-70-72-74-76-83(88)93-80-82(81-94-86(85(90)91)92-79-78-87(3,4)5)95-84(89)77-75-73-71-69-67-65-63-61-59-57-55-53-51-48-35-33-31-29-27-25-23-21-19-17-15-13-11-9-7-2/h8-11,14-17,20-23,26-29,33,35,51,53,82,86H,6-7,12-13,18-19,24-25,30-32,34,36-50,52,54-81H2,1-5H3/p+1/b10-8-,11-9-,16-14-,17-15-,22-20-,23-21-,28-26-,29-27-,35-33-,53-51-. The molecule has 0 aromatic carbocycles. The molecule has 0 heterocycles. The second-order valence-electron chi connectivity index (χ2n) is 27.6. The molecule has 0 amide bonds. The van der Waals surface area contributed by atoms with E-state index in [-0.39, 0.29) is 32.2 Å². The van der Waals surface area contributed by atoms with E-state index in [9.17, 15) is 19.5 Å². The molecule has 0 radical (unpaired) electrons. The maximum atomic E-state index is 13.0.